The average molecular weight is 218 g/mol. The second kappa shape index (κ2) is 10.7. The predicted octanol–water partition coefficient (Wildman–Crippen LogP) is 1.70. The topological polar surface area (TPSA) is 91.7 Å². The van der Waals surface area contributed by atoms with Gasteiger partial charge in [-0.3, -0.25) is 14.4 Å². The van der Waals surface area contributed by atoms with Gasteiger partial charge in [0.1, 0.15) is 12.2 Å². The van der Waals surface area contributed by atoms with Crippen LogP contribution in [0.2, 0.25) is 0 Å². The molecule has 5 heteroatoms. The van der Waals surface area contributed by atoms with E-state index in [0.717, 1.165) is 12.8 Å². The lowest BCUT2D eigenvalue weighted by Crippen LogP contribution is -2.05. The van der Waals surface area contributed by atoms with Gasteiger partial charge >= 0.3 is 11.9 Å². The molecule has 0 aromatic carbocycles. The van der Waals surface area contributed by atoms with Crippen LogP contribution in [0.4, 0.5) is 0 Å². The fraction of sp³-hybridized carbons (Fsp3) is 0.700. The van der Waals surface area contributed by atoms with Crippen molar-refractivity contribution in [3.8, 4) is 0 Å². The highest BCUT2D eigenvalue weighted by Gasteiger charge is 2.04. The van der Waals surface area contributed by atoms with Crippen molar-refractivity contribution >= 4 is 17.7 Å². The van der Waals surface area contributed by atoms with Crippen molar-refractivity contribution in [2.24, 2.45) is 0 Å². The number of carboxylic acid groups (broad SMARTS) is 2. The molecule has 0 heterocycles. The Morgan fingerprint density at radius 3 is 1.53 bits per heavy atom. The third-order valence-electron chi connectivity index (χ3n) is 1.34. The van der Waals surface area contributed by atoms with Crippen molar-refractivity contribution in [1.29, 1.82) is 0 Å². The molecule has 0 saturated carbocycles. The molecule has 0 rings (SSSR count). The van der Waals surface area contributed by atoms with Gasteiger partial charge in [0.05, 0.1) is 0 Å². The van der Waals surface area contributed by atoms with E-state index in [1.54, 1.807) is 0 Å². The van der Waals surface area contributed by atoms with Crippen LogP contribution in [-0.2, 0) is 14.4 Å². The Labute approximate surface area is 89.1 Å². The number of aliphatic carboxylic acids is 2. The molecule has 0 saturated heterocycles. The molecular weight excluding hydrogens is 200 g/mol. The van der Waals surface area contributed by atoms with Gasteiger partial charge in [-0.2, -0.15) is 0 Å². The minimum atomic E-state index is -1.03. The summed E-state index contributed by atoms with van der Waals surface area (Å²) >= 11 is 0. The Bertz CT molecular complexity index is 210. The van der Waals surface area contributed by atoms with Crippen molar-refractivity contribution in [2.75, 3.05) is 0 Å². The Morgan fingerprint density at radius 1 is 0.867 bits per heavy atom. The molecule has 2 N–H and O–H groups in total. The van der Waals surface area contributed by atoms with E-state index in [9.17, 15) is 14.4 Å². The Kier molecular flexibility index (Phi) is 11.4. The zero-order valence-corrected chi connectivity index (χ0v) is 9.15. The summed E-state index contributed by atoms with van der Waals surface area (Å²) < 4.78 is 0. The summed E-state index contributed by atoms with van der Waals surface area (Å²) in [5.74, 6) is -1.93. The quantitative estimate of drug-likeness (QED) is 0.662. The van der Waals surface area contributed by atoms with Gasteiger partial charge in [0.25, 0.3) is 0 Å². The first-order chi connectivity index (χ1) is 6.93. The van der Waals surface area contributed by atoms with Gasteiger partial charge in [0.15, 0.2) is 0 Å². The maximum Gasteiger partial charge on any atom is 0.310 e. The molecule has 15 heavy (non-hydrogen) atoms. The fourth-order valence-electron chi connectivity index (χ4n) is 0.750. The minimum Gasteiger partial charge on any atom is -0.481 e. The summed E-state index contributed by atoms with van der Waals surface area (Å²) in [6.07, 6.45) is 1.81. The first kappa shape index (κ1) is 16.1. The summed E-state index contributed by atoms with van der Waals surface area (Å²) in [5, 5.41) is 16.0. The second-order valence-electron chi connectivity index (χ2n) is 3.00. The zero-order valence-electron chi connectivity index (χ0n) is 9.15. The molecule has 0 atom stereocenters. The van der Waals surface area contributed by atoms with E-state index in [-0.39, 0.29) is 12.2 Å². The summed E-state index contributed by atoms with van der Waals surface area (Å²) in [6.45, 7) is 3.69. The molecule has 88 valence electrons. The van der Waals surface area contributed by atoms with E-state index in [0.29, 0.717) is 12.8 Å². The lowest BCUT2D eigenvalue weighted by Gasteiger charge is -1.90. The highest BCUT2D eigenvalue weighted by molar-refractivity contribution is 5.94. The molecular formula is C10H18O5. The van der Waals surface area contributed by atoms with E-state index >= 15 is 0 Å². The van der Waals surface area contributed by atoms with Gasteiger partial charge in [0, 0.05) is 12.8 Å². The molecule has 0 aromatic rings. The van der Waals surface area contributed by atoms with Crippen LogP contribution in [0, 0.1) is 0 Å². The number of carbonyl (C=O) groups is 3. The van der Waals surface area contributed by atoms with Crippen LogP contribution >= 0.6 is 0 Å². The first-order valence-electron chi connectivity index (χ1n) is 4.89. The van der Waals surface area contributed by atoms with Crippen LogP contribution in [0.25, 0.3) is 0 Å². The fourth-order valence-corrected chi connectivity index (χ4v) is 0.750. The standard InChI is InChI=1S/C6H10O3.C4H8O2/c1-2-3-5(7)4-6(8)9;1-2-3-4(5)6/h2-4H2,1H3,(H,8,9);2-3H2,1H3,(H,5,6). The smallest absolute Gasteiger partial charge is 0.310 e. The van der Waals surface area contributed by atoms with Gasteiger partial charge in [-0.1, -0.05) is 13.8 Å². The maximum absolute atomic E-state index is 10.5. The van der Waals surface area contributed by atoms with Crippen LogP contribution in [0.1, 0.15) is 46.0 Å². The zero-order chi connectivity index (χ0) is 12.3. The normalized spacial score (nSPS) is 8.67. The summed E-state index contributed by atoms with van der Waals surface area (Å²) in [6, 6.07) is 0. The van der Waals surface area contributed by atoms with Gasteiger partial charge in [-0.05, 0) is 12.8 Å². The van der Waals surface area contributed by atoms with E-state index in [1.165, 1.54) is 0 Å². The Balaban J connectivity index is 0. The Morgan fingerprint density at radius 2 is 1.33 bits per heavy atom. The maximum atomic E-state index is 10.5. The third kappa shape index (κ3) is 19.1. The second-order valence-corrected chi connectivity index (χ2v) is 3.00. The monoisotopic (exact) mass is 218 g/mol. The molecule has 0 unspecified atom stereocenters. The number of ketones is 1. The molecule has 0 aliphatic heterocycles. The SMILES string of the molecule is CCCC(=O)CC(=O)O.CCCC(=O)O. The van der Waals surface area contributed by atoms with Crippen LogP contribution in [0.15, 0.2) is 0 Å². The van der Waals surface area contributed by atoms with Crippen LogP contribution < -0.4 is 0 Å². The number of carbonyl (C=O) groups excluding carboxylic acids is 1. The van der Waals surface area contributed by atoms with Crippen molar-refractivity contribution in [2.45, 2.75) is 46.0 Å². The van der Waals surface area contributed by atoms with Gasteiger partial charge in [-0.15, -0.1) is 0 Å². The van der Waals surface area contributed by atoms with Crippen molar-refractivity contribution in [3.05, 3.63) is 0 Å². The summed E-state index contributed by atoms with van der Waals surface area (Å²) in [5.41, 5.74) is 0. The third-order valence-corrected chi connectivity index (χ3v) is 1.34. The van der Waals surface area contributed by atoms with E-state index in [4.69, 9.17) is 10.2 Å². The highest BCUT2D eigenvalue weighted by atomic mass is 16.4. The minimum absolute atomic E-state index is 0.190. The van der Waals surface area contributed by atoms with E-state index in [2.05, 4.69) is 0 Å². The summed E-state index contributed by atoms with van der Waals surface area (Å²) in [4.78, 5) is 29.9. The van der Waals surface area contributed by atoms with Crippen LogP contribution in [0.5, 0.6) is 0 Å². The number of Topliss-reactive ketones (excluding diaryl/α,β-unsaturated/α-hetero) is 1. The lowest BCUT2D eigenvalue weighted by atomic mass is 10.2. The molecule has 0 radical (unpaired) electrons. The van der Waals surface area contributed by atoms with Crippen molar-refractivity contribution in [1.82, 2.24) is 0 Å². The number of hydrogen-bond donors (Lipinski definition) is 2. The largest absolute Gasteiger partial charge is 0.481 e. The molecule has 0 spiro atoms. The van der Waals surface area contributed by atoms with Crippen LogP contribution in [-0.4, -0.2) is 27.9 Å². The number of rotatable bonds is 6. The molecule has 0 fully saturated rings. The highest BCUT2D eigenvalue weighted by Crippen LogP contribution is 1.92. The van der Waals surface area contributed by atoms with E-state index < -0.39 is 11.9 Å². The van der Waals surface area contributed by atoms with Gasteiger partial charge < -0.3 is 10.2 Å². The number of carboxylic acids is 2. The van der Waals surface area contributed by atoms with Crippen molar-refractivity contribution < 1.29 is 24.6 Å². The van der Waals surface area contributed by atoms with Crippen LogP contribution in [0.3, 0.4) is 0 Å². The Hall–Kier alpha value is -1.39. The molecule has 0 aliphatic carbocycles. The number of hydrogen-bond acceptors (Lipinski definition) is 3. The lowest BCUT2D eigenvalue weighted by molar-refractivity contribution is -0.140. The molecule has 0 amide bonds. The van der Waals surface area contributed by atoms with Crippen molar-refractivity contribution in [3.63, 3.8) is 0 Å². The predicted molar refractivity (Wildman–Crippen MR) is 54.7 cm³/mol. The molecule has 0 bridgehead atoms. The molecule has 0 aromatic heterocycles. The summed E-state index contributed by atoms with van der Waals surface area (Å²) in [7, 11) is 0. The average Bonchev–Trinajstić information content (AvgIpc) is 2.03. The van der Waals surface area contributed by atoms with E-state index in [1.807, 2.05) is 13.8 Å². The molecule has 5 nitrogen and oxygen atoms in total. The molecule has 0 aliphatic rings. The van der Waals surface area contributed by atoms with Gasteiger partial charge in [-0.25, -0.2) is 0 Å². The first-order valence-corrected chi connectivity index (χ1v) is 4.89. The van der Waals surface area contributed by atoms with Gasteiger partial charge in [0.2, 0.25) is 0 Å².